The Hall–Kier alpha value is -1.87. The van der Waals surface area contributed by atoms with Crippen LogP contribution in [-0.4, -0.2) is 27.1 Å². The van der Waals surface area contributed by atoms with Crippen LogP contribution in [-0.2, 0) is 0 Å². The Bertz CT molecular complexity index is 521. The smallest absolute Gasteiger partial charge is 0.341 e. The highest BCUT2D eigenvalue weighted by Crippen LogP contribution is 2.26. The van der Waals surface area contributed by atoms with Crippen molar-refractivity contribution in [2.45, 2.75) is 31.7 Å². The maximum Gasteiger partial charge on any atom is 0.341 e. The molecule has 2 rings (SSSR count). The SMILES string of the molecule is N#CC1CCC(Nc2nc(Cl)ncc2C(=O)O)CC1. The molecule has 0 spiro atoms. The van der Waals surface area contributed by atoms with E-state index in [-0.39, 0.29) is 28.6 Å². The number of nitriles is 1. The third-order valence-electron chi connectivity index (χ3n) is 3.24. The molecule has 0 saturated heterocycles. The molecular formula is C12H13ClN4O2. The van der Waals surface area contributed by atoms with Gasteiger partial charge in [-0.25, -0.2) is 9.78 Å². The molecule has 1 aliphatic rings. The first-order valence-corrected chi connectivity index (χ1v) is 6.40. The van der Waals surface area contributed by atoms with Crippen molar-refractivity contribution in [3.63, 3.8) is 0 Å². The molecule has 0 aromatic carbocycles. The van der Waals surface area contributed by atoms with Crippen molar-refractivity contribution in [2.24, 2.45) is 5.92 Å². The lowest BCUT2D eigenvalue weighted by Gasteiger charge is -2.26. The van der Waals surface area contributed by atoms with Gasteiger partial charge in [-0.3, -0.25) is 0 Å². The molecule has 1 heterocycles. The first kappa shape index (κ1) is 13.6. The van der Waals surface area contributed by atoms with Gasteiger partial charge in [0.25, 0.3) is 0 Å². The van der Waals surface area contributed by atoms with Gasteiger partial charge in [0.2, 0.25) is 5.28 Å². The number of carbonyl (C=O) groups is 1. The molecule has 1 saturated carbocycles. The molecule has 100 valence electrons. The van der Waals surface area contributed by atoms with Crippen molar-refractivity contribution in [1.82, 2.24) is 9.97 Å². The third-order valence-corrected chi connectivity index (χ3v) is 3.42. The third kappa shape index (κ3) is 3.32. The number of hydrogen-bond acceptors (Lipinski definition) is 5. The number of carboxylic acid groups (broad SMARTS) is 1. The van der Waals surface area contributed by atoms with Gasteiger partial charge >= 0.3 is 5.97 Å². The fourth-order valence-electron chi connectivity index (χ4n) is 2.19. The van der Waals surface area contributed by atoms with E-state index in [0.717, 1.165) is 25.7 Å². The molecule has 7 heteroatoms. The topological polar surface area (TPSA) is 98.9 Å². The van der Waals surface area contributed by atoms with Crippen LogP contribution in [0.5, 0.6) is 0 Å². The highest BCUT2D eigenvalue weighted by Gasteiger charge is 2.23. The Morgan fingerprint density at radius 2 is 2.16 bits per heavy atom. The van der Waals surface area contributed by atoms with Crippen LogP contribution in [0.1, 0.15) is 36.0 Å². The Labute approximate surface area is 115 Å². The van der Waals surface area contributed by atoms with E-state index < -0.39 is 5.97 Å². The van der Waals surface area contributed by atoms with E-state index in [4.69, 9.17) is 22.0 Å². The van der Waals surface area contributed by atoms with E-state index in [2.05, 4.69) is 21.4 Å². The van der Waals surface area contributed by atoms with Gasteiger partial charge in [0.05, 0.1) is 6.07 Å². The van der Waals surface area contributed by atoms with Gasteiger partial charge in [-0.15, -0.1) is 0 Å². The second-order valence-corrected chi connectivity index (χ2v) is 4.87. The number of aromatic carboxylic acids is 1. The molecule has 0 radical (unpaired) electrons. The molecule has 0 amide bonds. The van der Waals surface area contributed by atoms with Crippen LogP contribution in [0, 0.1) is 17.2 Å². The van der Waals surface area contributed by atoms with Crippen LogP contribution in [0.3, 0.4) is 0 Å². The molecule has 0 aliphatic heterocycles. The Kier molecular flexibility index (Phi) is 4.17. The van der Waals surface area contributed by atoms with Crippen molar-refractivity contribution in [3.05, 3.63) is 17.0 Å². The van der Waals surface area contributed by atoms with Crippen LogP contribution in [0.4, 0.5) is 5.82 Å². The minimum absolute atomic E-state index is 0.00630. The standard InChI is InChI=1S/C12H13ClN4O2/c13-12-15-6-9(11(18)19)10(17-12)16-8-3-1-7(5-14)2-4-8/h6-8H,1-4H2,(H,18,19)(H,15,16,17). The highest BCUT2D eigenvalue weighted by molar-refractivity contribution is 6.28. The second kappa shape index (κ2) is 5.85. The number of aromatic nitrogens is 2. The van der Waals surface area contributed by atoms with Crippen molar-refractivity contribution >= 4 is 23.4 Å². The van der Waals surface area contributed by atoms with Crippen LogP contribution in [0.15, 0.2) is 6.20 Å². The van der Waals surface area contributed by atoms with Gasteiger partial charge in [0, 0.05) is 18.2 Å². The second-order valence-electron chi connectivity index (χ2n) is 4.53. The molecule has 6 nitrogen and oxygen atoms in total. The van der Waals surface area contributed by atoms with Crippen LogP contribution < -0.4 is 5.32 Å². The largest absolute Gasteiger partial charge is 0.477 e. The zero-order valence-corrected chi connectivity index (χ0v) is 10.9. The summed E-state index contributed by atoms with van der Waals surface area (Å²) in [6.07, 6.45) is 4.46. The maximum absolute atomic E-state index is 11.1. The van der Waals surface area contributed by atoms with Crippen LogP contribution in [0.25, 0.3) is 0 Å². The summed E-state index contributed by atoms with van der Waals surface area (Å²) in [6, 6.07) is 2.38. The van der Waals surface area contributed by atoms with Gasteiger partial charge in [-0.2, -0.15) is 10.2 Å². The molecule has 0 unspecified atom stereocenters. The lowest BCUT2D eigenvalue weighted by Crippen LogP contribution is -2.27. The normalized spacial score (nSPS) is 22.5. The summed E-state index contributed by atoms with van der Waals surface area (Å²) < 4.78 is 0. The average molecular weight is 281 g/mol. The van der Waals surface area contributed by atoms with Gasteiger partial charge in [-0.1, -0.05) is 0 Å². The molecule has 1 aromatic heterocycles. The molecule has 1 aliphatic carbocycles. The summed E-state index contributed by atoms with van der Waals surface area (Å²) in [5.41, 5.74) is 0.00630. The minimum atomic E-state index is -1.09. The number of nitrogens with one attached hydrogen (secondary N) is 1. The van der Waals surface area contributed by atoms with E-state index >= 15 is 0 Å². The first-order valence-electron chi connectivity index (χ1n) is 6.02. The maximum atomic E-state index is 11.1. The first-order chi connectivity index (χ1) is 9.10. The summed E-state index contributed by atoms with van der Waals surface area (Å²) in [7, 11) is 0. The highest BCUT2D eigenvalue weighted by atomic mass is 35.5. The molecule has 0 bridgehead atoms. The van der Waals surface area contributed by atoms with E-state index in [9.17, 15) is 4.79 Å². The van der Waals surface area contributed by atoms with Crippen molar-refractivity contribution in [1.29, 1.82) is 5.26 Å². The number of anilines is 1. The zero-order chi connectivity index (χ0) is 13.8. The number of nitrogens with zero attached hydrogens (tertiary/aromatic N) is 3. The van der Waals surface area contributed by atoms with E-state index in [1.807, 2.05) is 0 Å². The number of carboxylic acids is 1. The Morgan fingerprint density at radius 3 is 2.74 bits per heavy atom. The van der Waals surface area contributed by atoms with Crippen molar-refractivity contribution in [3.8, 4) is 6.07 Å². The molecule has 2 N–H and O–H groups in total. The molecule has 19 heavy (non-hydrogen) atoms. The zero-order valence-electron chi connectivity index (χ0n) is 10.1. The quantitative estimate of drug-likeness (QED) is 0.824. The van der Waals surface area contributed by atoms with Gasteiger partial charge in [0.15, 0.2) is 0 Å². The molecular weight excluding hydrogens is 268 g/mol. The van der Waals surface area contributed by atoms with Crippen LogP contribution >= 0.6 is 11.6 Å². The summed E-state index contributed by atoms with van der Waals surface area (Å²) in [6.45, 7) is 0. The number of rotatable bonds is 3. The summed E-state index contributed by atoms with van der Waals surface area (Å²) in [5.74, 6) is -0.747. The lowest BCUT2D eigenvalue weighted by atomic mass is 9.87. The fraction of sp³-hybridized carbons (Fsp3) is 0.500. The number of halogens is 1. The average Bonchev–Trinajstić information content (AvgIpc) is 2.39. The lowest BCUT2D eigenvalue weighted by molar-refractivity contribution is 0.0697. The van der Waals surface area contributed by atoms with E-state index in [1.165, 1.54) is 6.20 Å². The molecule has 1 fully saturated rings. The summed E-state index contributed by atoms with van der Waals surface area (Å²) >= 11 is 5.69. The predicted molar refractivity (Wildman–Crippen MR) is 69.0 cm³/mol. The van der Waals surface area contributed by atoms with E-state index in [1.54, 1.807) is 0 Å². The summed E-state index contributed by atoms with van der Waals surface area (Å²) in [5, 5.41) is 21.0. The van der Waals surface area contributed by atoms with Gasteiger partial charge in [0.1, 0.15) is 11.4 Å². The van der Waals surface area contributed by atoms with Gasteiger partial charge < -0.3 is 10.4 Å². The molecule has 1 aromatic rings. The fourth-order valence-corrected chi connectivity index (χ4v) is 2.32. The Balaban J connectivity index is 2.09. The number of hydrogen-bond donors (Lipinski definition) is 2. The monoisotopic (exact) mass is 280 g/mol. The van der Waals surface area contributed by atoms with E-state index in [0.29, 0.717) is 0 Å². The predicted octanol–water partition coefficient (Wildman–Crippen LogP) is 2.32. The van der Waals surface area contributed by atoms with Crippen molar-refractivity contribution in [2.75, 3.05) is 5.32 Å². The summed E-state index contributed by atoms with van der Waals surface area (Å²) in [4.78, 5) is 18.7. The minimum Gasteiger partial charge on any atom is -0.477 e. The Morgan fingerprint density at radius 1 is 1.47 bits per heavy atom. The molecule has 0 atom stereocenters. The van der Waals surface area contributed by atoms with Crippen LogP contribution in [0.2, 0.25) is 5.28 Å². The van der Waals surface area contributed by atoms with Gasteiger partial charge in [-0.05, 0) is 37.3 Å². The van der Waals surface area contributed by atoms with Crippen molar-refractivity contribution < 1.29 is 9.90 Å².